The molecule has 0 radical (unpaired) electrons. The summed E-state index contributed by atoms with van der Waals surface area (Å²) < 4.78 is 0. The molecule has 0 saturated carbocycles. The van der Waals surface area contributed by atoms with Crippen LogP contribution in [-0.4, -0.2) is 17.8 Å². The number of thiazole rings is 1. The number of ketones is 1. The average Bonchev–Trinajstić information content (AvgIpc) is 2.75. The van der Waals surface area contributed by atoms with E-state index < -0.39 is 0 Å². The van der Waals surface area contributed by atoms with Gasteiger partial charge in [0.1, 0.15) is 5.69 Å². The summed E-state index contributed by atoms with van der Waals surface area (Å²) >= 11 is 1.49. The molecule has 1 aromatic heterocycles. The Balaban J connectivity index is 2.34. The molecule has 1 aromatic carbocycles. The van der Waals surface area contributed by atoms with E-state index in [4.69, 9.17) is 0 Å². The van der Waals surface area contributed by atoms with Crippen LogP contribution in [0.5, 0.6) is 0 Å². The van der Waals surface area contributed by atoms with Crippen molar-refractivity contribution in [1.29, 1.82) is 0 Å². The minimum atomic E-state index is 0.00585. The Hall–Kier alpha value is -1.68. The normalized spacial score (nSPS) is 10.4. The molecule has 18 heavy (non-hydrogen) atoms. The van der Waals surface area contributed by atoms with Gasteiger partial charge in [0.15, 0.2) is 10.9 Å². The number of carbonyl (C=O) groups excluding carboxylic acids is 1. The largest absolute Gasteiger partial charge is 0.321 e. The summed E-state index contributed by atoms with van der Waals surface area (Å²) in [4.78, 5) is 17.6. The molecule has 0 atom stereocenters. The highest BCUT2D eigenvalue weighted by Crippen LogP contribution is 2.28. The summed E-state index contributed by atoms with van der Waals surface area (Å²) in [5.41, 5.74) is 4.07. The first kappa shape index (κ1) is 12.8. The highest BCUT2D eigenvalue weighted by atomic mass is 32.1. The van der Waals surface area contributed by atoms with Crippen LogP contribution in [0.15, 0.2) is 23.6 Å². The van der Waals surface area contributed by atoms with Gasteiger partial charge in [0.05, 0.1) is 0 Å². The van der Waals surface area contributed by atoms with E-state index in [-0.39, 0.29) is 5.78 Å². The lowest BCUT2D eigenvalue weighted by Crippen LogP contribution is -2.10. The maximum absolute atomic E-state index is 11.3. The minimum Gasteiger partial charge on any atom is -0.321 e. The molecule has 4 heteroatoms. The lowest BCUT2D eigenvalue weighted by molar-refractivity contribution is 0.101. The second-order valence-electron chi connectivity index (χ2n) is 4.48. The van der Waals surface area contributed by atoms with Crippen molar-refractivity contribution in [1.82, 2.24) is 4.98 Å². The van der Waals surface area contributed by atoms with E-state index in [1.807, 2.05) is 11.9 Å². The average molecular weight is 260 g/mol. The third kappa shape index (κ3) is 2.59. The number of Topliss-reactive ketones (excluding diaryl/α,β-unsaturated/α-hetero) is 1. The predicted molar refractivity (Wildman–Crippen MR) is 76.1 cm³/mol. The predicted octanol–water partition coefficient (Wildman–Crippen LogP) is 3.73. The maximum Gasteiger partial charge on any atom is 0.190 e. The molecule has 0 bridgehead atoms. The highest BCUT2D eigenvalue weighted by molar-refractivity contribution is 7.14. The summed E-state index contributed by atoms with van der Waals surface area (Å²) in [6.45, 7) is 5.69. The smallest absolute Gasteiger partial charge is 0.190 e. The molecule has 2 rings (SSSR count). The van der Waals surface area contributed by atoms with E-state index >= 15 is 0 Å². The Morgan fingerprint density at radius 3 is 2.33 bits per heavy atom. The fourth-order valence-corrected chi connectivity index (χ4v) is 2.69. The molecule has 0 spiro atoms. The number of benzene rings is 1. The molecule has 0 saturated heterocycles. The van der Waals surface area contributed by atoms with Gasteiger partial charge in [-0.05, 0) is 37.1 Å². The van der Waals surface area contributed by atoms with Gasteiger partial charge in [-0.3, -0.25) is 4.79 Å². The van der Waals surface area contributed by atoms with Crippen LogP contribution in [0.2, 0.25) is 0 Å². The Bertz CT molecular complexity index is 569. The minimum absolute atomic E-state index is 0.00585. The number of carbonyl (C=O) groups is 1. The van der Waals surface area contributed by atoms with Gasteiger partial charge in [-0.1, -0.05) is 6.07 Å². The van der Waals surface area contributed by atoms with E-state index in [0.29, 0.717) is 5.69 Å². The van der Waals surface area contributed by atoms with Crippen LogP contribution in [-0.2, 0) is 0 Å². The molecular formula is C14H16N2OS. The maximum atomic E-state index is 11.3. The van der Waals surface area contributed by atoms with Gasteiger partial charge in [-0.25, -0.2) is 4.98 Å². The Morgan fingerprint density at radius 1 is 1.22 bits per heavy atom. The SMILES string of the molecule is CC(=O)c1csc(N(C)c2cc(C)cc(C)c2)n1. The summed E-state index contributed by atoms with van der Waals surface area (Å²) in [5, 5.41) is 2.64. The molecule has 0 aliphatic heterocycles. The third-order valence-corrected chi connectivity index (χ3v) is 3.65. The topological polar surface area (TPSA) is 33.2 Å². The summed E-state index contributed by atoms with van der Waals surface area (Å²) in [6.07, 6.45) is 0. The number of anilines is 2. The Labute approximate surface area is 111 Å². The number of aryl methyl sites for hydroxylation is 2. The van der Waals surface area contributed by atoms with Crippen molar-refractivity contribution in [3.8, 4) is 0 Å². The molecule has 2 aromatic rings. The van der Waals surface area contributed by atoms with Crippen molar-refractivity contribution < 1.29 is 4.79 Å². The summed E-state index contributed by atoms with van der Waals surface area (Å²) in [6, 6.07) is 6.36. The highest BCUT2D eigenvalue weighted by Gasteiger charge is 2.11. The van der Waals surface area contributed by atoms with Crippen LogP contribution >= 0.6 is 11.3 Å². The second-order valence-corrected chi connectivity index (χ2v) is 5.31. The van der Waals surface area contributed by atoms with Crippen molar-refractivity contribution in [3.63, 3.8) is 0 Å². The zero-order valence-electron chi connectivity index (χ0n) is 11.0. The Kier molecular flexibility index (Phi) is 3.48. The van der Waals surface area contributed by atoms with E-state index in [2.05, 4.69) is 37.0 Å². The third-order valence-electron chi connectivity index (χ3n) is 2.73. The van der Waals surface area contributed by atoms with Crippen LogP contribution < -0.4 is 4.90 Å². The zero-order valence-corrected chi connectivity index (χ0v) is 11.8. The van der Waals surface area contributed by atoms with Crippen LogP contribution in [0.25, 0.3) is 0 Å². The number of nitrogens with zero attached hydrogens (tertiary/aromatic N) is 2. The Morgan fingerprint density at radius 2 is 1.83 bits per heavy atom. The first-order chi connectivity index (χ1) is 8.47. The van der Waals surface area contributed by atoms with Gasteiger partial charge in [0.2, 0.25) is 0 Å². The quantitative estimate of drug-likeness (QED) is 0.788. The van der Waals surface area contributed by atoms with Crippen LogP contribution in [0.3, 0.4) is 0 Å². The molecule has 0 unspecified atom stereocenters. The van der Waals surface area contributed by atoms with Gasteiger partial charge in [0, 0.05) is 25.0 Å². The monoisotopic (exact) mass is 260 g/mol. The van der Waals surface area contributed by atoms with Gasteiger partial charge in [-0.2, -0.15) is 0 Å². The van der Waals surface area contributed by atoms with Gasteiger partial charge in [-0.15, -0.1) is 11.3 Å². The lowest BCUT2D eigenvalue weighted by Gasteiger charge is -2.17. The molecule has 0 N–H and O–H groups in total. The van der Waals surface area contributed by atoms with Crippen molar-refractivity contribution in [2.24, 2.45) is 0 Å². The van der Waals surface area contributed by atoms with Crippen LogP contribution in [0.1, 0.15) is 28.5 Å². The standard InChI is InChI=1S/C14H16N2OS/c1-9-5-10(2)7-12(6-9)16(4)14-15-13(8-18-14)11(3)17/h5-8H,1-4H3. The van der Waals surface area contributed by atoms with Gasteiger partial charge in [0.25, 0.3) is 0 Å². The number of rotatable bonds is 3. The fourth-order valence-electron chi connectivity index (χ4n) is 1.83. The second kappa shape index (κ2) is 4.90. The van der Waals surface area contributed by atoms with E-state index in [1.54, 1.807) is 5.38 Å². The fraction of sp³-hybridized carbons (Fsp3) is 0.286. The van der Waals surface area contributed by atoms with E-state index in [9.17, 15) is 4.79 Å². The van der Waals surface area contributed by atoms with Crippen molar-refractivity contribution in [2.75, 3.05) is 11.9 Å². The number of hydrogen-bond acceptors (Lipinski definition) is 4. The molecular weight excluding hydrogens is 244 g/mol. The van der Waals surface area contributed by atoms with E-state index in [1.165, 1.54) is 29.4 Å². The van der Waals surface area contributed by atoms with Gasteiger partial charge < -0.3 is 4.90 Å². The van der Waals surface area contributed by atoms with Crippen molar-refractivity contribution in [2.45, 2.75) is 20.8 Å². The molecule has 94 valence electrons. The molecule has 0 aliphatic rings. The first-order valence-corrected chi connectivity index (χ1v) is 6.64. The molecule has 3 nitrogen and oxygen atoms in total. The zero-order chi connectivity index (χ0) is 13.3. The van der Waals surface area contributed by atoms with Crippen molar-refractivity contribution >= 4 is 27.9 Å². The molecule has 0 fully saturated rings. The number of aromatic nitrogens is 1. The summed E-state index contributed by atoms with van der Waals surface area (Å²) in [7, 11) is 1.97. The van der Waals surface area contributed by atoms with Crippen LogP contribution in [0.4, 0.5) is 10.8 Å². The summed E-state index contributed by atoms with van der Waals surface area (Å²) in [5.74, 6) is 0.00585. The van der Waals surface area contributed by atoms with E-state index in [0.717, 1.165) is 10.8 Å². The number of hydrogen-bond donors (Lipinski definition) is 0. The van der Waals surface area contributed by atoms with Crippen LogP contribution in [0, 0.1) is 13.8 Å². The lowest BCUT2D eigenvalue weighted by atomic mass is 10.1. The first-order valence-electron chi connectivity index (χ1n) is 5.76. The molecule has 0 amide bonds. The molecule has 0 aliphatic carbocycles. The van der Waals surface area contributed by atoms with Crippen molar-refractivity contribution in [3.05, 3.63) is 40.4 Å². The van der Waals surface area contributed by atoms with Gasteiger partial charge >= 0.3 is 0 Å². The molecule has 1 heterocycles.